The van der Waals surface area contributed by atoms with E-state index < -0.39 is 0 Å². The summed E-state index contributed by atoms with van der Waals surface area (Å²) in [6, 6.07) is 12.6. The lowest BCUT2D eigenvalue weighted by molar-refractivity contribution is -0.122. The van der Waals surface area contributed by atoms with E-state index in [-0.39, 0.29) is 17.9 Å². The molecule has 1 saturated heterocycles. The predicted octanol–water partition coefficient (Wildman–Crippen LogP) is 5.54. The number of anilines is 2. The van der Waals surface area contributed by atoms with Gasteiger partial charge in [-0.1, -0.05) is 27.7 Å². The minimum atomic E-state index is -0.356. The number of nitrogens with zero attached hydrogens (tertiary/aromatic N) is 2. The summed E-state index contributed by atoms with van der Waals surface area (Å²) in [7, 11) is 0. The second-order valence-corrected chi connectivity index (χ2v) is 10.3. The highest BCUT2D eigenvalue weighted by molar-refractivity contribution is 5.95. The second-order valence-electron chi connectivity index (χ2n) is 10.3. The number of amides is 2. The highest BCUT2D eigenvalue weighted by atomic mass is 16.5. The molecular formula is C29H40N4O4. The third kappa shape index (κ3) is 9.12. The zero-order chi connectivity index (χ0) is 26.8. The van der Waals surface area contributed by atoms with Crippen LogP contribution in [-0.2, 0) is 9.59 Å². The smallest absolute Gasteiger partial charge is 0.248 e. The highest BCUT2D eigenvalue weighted by Crippen LogP contribution is 2.29. The average molecular weight is 509 g/mol. The fourth-order valence-corrected chi connectivity index (χ4v) is 3.88. The van der Waals surface area contributed by atoms with Crippen molar-refractivity contribution in [1.29, 1.82) is 0 Å². The van der Waals surface area contributed by atoms with Gasteiger partial charge in [0.05, 0.1) is 19.4 Å². The van der Waals surface area contributed by atoms with E-state index in [9.17, 15) is 9.59 Å². The van der Waals surface area contributed by atoms with Crippen molar-refractivity contribution < 1.29 is 19.1 Å². The van der Waals surface area contributed by atoms with Crippen molar-refractivity contribution in [2.75, 3.05) is 30.4 Å². The first kappa shape index (κ1) is 28.0. The number of hydrogen-bond acceptors (Lipinski definition) is 6. The summed E-state index contributed by atoms with van der Waals surface area (Å²) in [6.45, 7) is 11.8. The van der Waals surface area contributed by atoms with E-state index >= 15 is 0 Å². The van der Waals surface area contributed by atoms with Gasteiger partial charge >= 0.3 is 0 Å². The van der Waals surface area contributed by atoms with Crippen LogP contribution in [-0.4, -0.2) is 48.8 Å². The van der Waals surface area contributed by atoms with E-state index in [0.717, 1.165) is 30.6 Å². The molecular weight excluding hydrogens is 468 g/mol. The number of piperidine rings is 1. The Bertz CT molecular complexity index is 1070. The molecule has 1 aliphatic rings. The maximum absolute atomic E-state index is 13.1. The fourth-order valence-electron chi connectivity index (χ4n) is 3.88. The van der Waals surface area contributed by atoms with E-state index in [1.807, 2.05) is 23.2 Å². The summed E-state index contributed by atoms with van der Waals surface area (Å²) in [5.74, 6) is 2.01. The summed E-state index contributed by atoms with van der Waals surface area (Å²) < 4.78 is 12.0. The lowest BCUT2D eigenvalue weighted by Gasteiger charge is -2.32. The molecule has 0 radical (unpaired) electrons. The van der Waals surface area contributed by atoms with Crippen LogP contribution in [0.15, 0.2) is 47.6 Å². The van der Waals surface area contributed by atoms with Gasteiger partial charge in [0, 0.05) is 24.8 Å². The SMILES string of the molecule is CC(=O)Nc1ccc(NC(=O)C2CCCCN2/N=C/c2ccc(OCC(C)C)c(OCC(C)C)c2)cc1. The van der Waals surface area contributed by atoms with Crippen molar-refractivity contribution >= 4 is 29.4 Å². The minimum absolute atomic E-state index is 0.0949. The number of hydrogen-bond donors (Lipinski definition) is 2. The molecule has 1 fully saturated rings. The zero-order valence-electron chi connectivity index (χ0n) is 22.6. The van der Waals surface area contributed by atoms with Gasteiger partial charge < -0.3 is 20.1 Å². The third-order valence-electron chi connectivity index (χ3n) is 5.72. The Morgan fingerprint density at radius 2 is 1.57 bits per heavy atom. The number of ether oxygens (including phenoxy) is 2. The van der Waals surface area contributed by atoms with Gasteiger partial charge in [-0.05, 0) is 79.1 Å². The summed E-state index contributed by atoms with van der Waals surface area (Å²) >= 11 is 0. The first-order valence-electron chi connectivity index (χ1n) is 13.1. The van der Waals surface area contributed by atoms with E-state index in [1.165, 1.54) is 6.92 Å². The van der Waals surface area contributed by atoms with Gasteiger partial charge in [-0.2, -0.15) is 5.10 Å². The molecule has 1 aliphatic heterocycles. The number of carbonyl (C=O) groups is 2. The van der Waals surface area contributed by atoms with Gasteiger partial charge in [-0.3, -0.25) is 14.6 Å². The van der Waals surface area contributed by atoms with Crippen molar-refractivity contribution in [2.45, 2.75) is 59.9 Å². The van der Waals surface area contributed by atoms with Gasteiger partial charge in [0.25, 0.3) is 0 Å². The molecule has 0 bridgehead atoms. The molecule has 1 heterocycles. The normalized spacial score (nSPS) is 15.8. The number of rotatable bonds is 11. The maximum atomic E-state index is 13.1. The molecule has 0 spiro atoms. The van der Waals surface area contributed by atoms with Crippen LogP contribution >= 0.6 is 0 Å². The molecule has 8 heteroatoms. The van der Waals surface area contributed by atoms with Crippen molar-refractivity contribution in [2.24, 2.45) is 16.9 Å². The van der Waals surface area contributed by atoms with Crippen LogP contribution in [0.4, 0.5) is 11.4 Å². The Labute approximate surface area is 220 Å². The molecule has 0 aromatic heterocycles. The topological polar surface area (TPSA) is 92.3 Å². The Balaban J connectivity index is 1.69. The zero-order valence-corrected chi connectivity index (χ0v) is 22.6. The van der Waals surface area contributed by atoms with Crippen molar-refractivity contribution in [3.8, 4) is 11.5 Å². The molecule has 3 rings (SSSR count). The summed E-state index contributed by atoms with van der Waals surface area (Å²) in [5, 5.41) is 12.3. The predicted molar refractivity (Wildman–Crippen MR) is 148 cm³/mol. The molecule has 200 valence electrons. The quantitative estimate of drug-likeness (QED) is 0.389. The minimum Gasteiger partial charge on any atom is -0.489 e. The van der Waals surface area contributed by atoms with E-state index in [2.05, 4.69) is 43.4 Å². The summed E-state index contributed by atoms with van der Waals surface area (Å²) in [4.78, 5) is 24.3. The molecule has 2 aromatic rings. The molecule has 2 aromatic carbocycles. The molecule has 2 amide bonds. The standard InChI is InChI=1S/C29H40N4O4/c1-20(2)18-36-27-14-9-23(16-28(27)37-19-21(3)4)17-30-33-15-7-6-8-26(33)29(35)32-25-12-10-24(11-13-25)31-22(5)34/h9-14,16-17,20-21,26H,6-8,15,18-19H2,1-5H3,(H,31,34)(H,32,35)/b30-17+. The summed E-state index contributed by atoms with van der Waals surface area (Å²) in [6.07, 6.45) is 4.47. The lowest BCUT2D eigenvalue weighted by Crippen LogP contribution is -2.44. The molecule has 2 N–H and O–H groups in total. The fraction of sp³-hybridized carbons (Fsp3) is 0.483. The van der Waals surface area contributed by atoms with Crippen molar-refractivity contribution in [3.05, 3.63) is 48.0 Å². The van der Waals surface area contributed by atoms with Crippen LogP contribution in [0, 0.1) is 11.8 Å². The van der Waals surface area contributed by atoms with Crippen LogP contribution in [0.5, 0.6) is 11.5 Å². The van der Waals surface area contributed by atoms with E-state index in [4.69, 9.17) is 9.47 Å². The van der Waals surface area contributed by atoms with Crippen LogP contribution < -0.4 is 20.1 Å². The van der Waals surface area contributed by atoms with Crippen LogP contribution in [0.2, 0.25) is 0 Å². The lowest BCUT2D eigenvalue weighted by atomic mass is 10.0. The van der Waals surface area contributed by atoms with Gasteiger partial charge in [0.1, 0.15) is 6.04 Å². The largest absolute Gasteiger partial charge is 0.489 e. The van der Waals surface area contributed by atoms with Crippen LogP contribution in [0.25, 0.3) is 0 Å². The number of hydrazone groups is 1. The van der Waals surface area contributed by atoms with Crippen LogP contribution in [0.1, 0.15) is 59.4 Å². The molecule has 37 heavy (non-hydrogen) atoms. The third-order valence-corrected chi connectivity index (χ3v) is 5.72. The maximum Gasteiger partial charge on any atom is 0.248 e. The number of benzene rings is 2. The first-order chi connectivity index (χ1) is 17.7. The molecule has 1 unspecified atom stereocenters. The highest BCUT2D eigenvalue weighted by Gasteiger charge is 2.28. The molecule has 8 nitrogen and oxygen atoms in total. The Morgan fingerprint density at radius 3 is 2.19 bits per heavy atom. The number of carbonyl (C=O) groups excluding carboxylic acids is 2. The molecule has 0 saturated carbocycles. The summed E-state index contributed by atoms with van der Waals surface area (Å²) in [5.41, 5.74) is 2.25. The monoisotopic (exact) mass is 508 g/mol. The van der Waals surface area contributed by atoms with Crippen molar-refractivity contribution in [3.63, 3.8) is 0 Å². The number of nitrogens with one attached hydrogen (secondary N) is 2. The van der Waals surface area contributed by atoms with Crippen LogP contribution in [0.3, 0.4) is 0 Å². The Kier molecular flexibility index (Phi) is 10.4. The van der Waals surface area contributed by atoms with E-state index in [1.54, 1.807) is 30.5 Å². The Hall–Kier alpha value is -3.55. The van der Waals surface area contributed by atoms with E-state index in [0.29, 0.717) is 48.7 Å². The Morgan fingerprint density at radius 1 is 0.946 bits per heavy atom. The van der Waals surface area contributed by atoms with Gasteiger partial charge in [-0.15, -0.1) is 0 Å². The van der Waals surface area contributed by atoms with Gasteiger partial charge in [-0.25, -0.2) is 0 Å². The van der Waals surface area contributed by atoms with Gasteiger partial charge in [0.2, 0.25) is 11.8 Å². The van der Waals surface area contributed by atoms with Crippen molar-refractivity contribution in [1.82, 2.24) is 5.01 Å². The molecule has 0 aliphatic carbocycles. The second kappa shape index (κ2) is 13.7. The average Bonchev–Trinajstić information content (AvgIpc) is 2.86. The first-order valence-corrected chi connectivity index (χ1v) is 13.1. The van der Waals surface area contributed by atoms with Gasteiger partial charge in [0.15, 0.2) is 11.5 Å². The molecule has 1 atom stereocenters.